The zero-order valence-electron chi connectivity index (χ0n) is 13.4. The molecule has 4 rings (SSSR count). The van der Waals surface area contributed by atoms with Crippen molar-refractivity contribution in [3.8, 4) is 11.5 Å². The van der Waals surface area contributed by atoms with Crippen molar-refractivity contribution in [2.24, 2.45) is 0 Å². The van der Waals surface area contributed by atoms with E-state index in [0.717, 1.165) is 29.4 Å². The lowest BCUT2D eigenvalue weighted by molar-refractivity contribution is -0.130. The van der Waals surface area contributed by atoms with Crippen molar-refractivity contribution in [1.29, 1.82) is 0 Å². The van der Waals surface area contributed by atoms with E-state index >= 15 is 0 Å². The van der Waals surface area contributed by atoms with Gasteiger partial charge in [0, 0.05) is 35.0 Å². The molecule has 2 aromatic rings. The molecule has 5 nitrogen and oxygen atoms in total. The van der Waals surface area contributed by atoms with E-state index in [2.05, 4.69) is 31.0 Å². The topological polar surface area (TPSA) is 59.2 Å². The number of halogens is 1. The average Bonchev–Trinajstić information content (AvgIpc) is 3.22. The lowest BCUT2D eigenvalue weighted by atomic mass is 9.94. The molecule has 2 heterocycles. The van der Waals surface area contributed by atoms with Gasteiger partial charge >= 0.3 is 0 Å². The van der Waals surface area contributed by atoms with Gasteiger partial charge in [0.2, 0.25) is 5.91 Å². The maximum atomic E-state index is 12.4. The fraction of sp³-hybridized carbons (Fsp3) is 0.500. The number of carbonyl (C=O) groups is 1. The van der Waals surface area contributed by atoms with Crippen molar-refractivity contribution in [2.75, 3.05) is 6.54 Å². The molecule has 0 radical (unpaired) electrons. The number of carbonyl (C=O) groups excluding carboxylic acids is 1. The Balaban J connectivity index is 1.50. The Morgan fingerprint density at radius 1 is 1.21 bits per heavy atom. The van der Waals surface area contributed by atoms with Crippen molar-refractivity contribution in [3.05, 3.63) is 34.6 Å². The Hall–Kier alpha value is -1.69. The lowest BCUT2D eigenvalue weighted by Crippen LogP contribution is -2.37. The Kier molecular flexibility index (Phi) is 4.39. The fourth-order valence-electron chi connectivity index (χ4n) is 3.79. The molecule has 0 N–H and O–H groups in total. The maximum Gasteiger partial charge on any atom is 0.257 e. The smallest absolute Gasteiger partial charge is 0.257 e. The van der Waals surface area contributed by atoms with Crippen LogP contribution >= 0.6 is 15.9 Å². The Bertz CT molecular complexity index is 739. The molecule has 1 aliphatic heterocycles. The van der Waals surface area contributed by atoms with Gasteiger partial charge in [-0.15, -0.1) is 0 Å². The van der Waals surface area contributed by atoms with Crippen molar-refractivity contribution >= 4 is 21.8 Å². The van der Waals surface area contributed by atoms with E-state index in [1.165, 1.54) is 19.3 Å². The molecule has 1 saturated heterocycles. The second kappa shape index (κ2) is 6.67. The maximum absolute atomic E-state index is 12.4. The first kappa shape index (κ1) is 15.8. The quantitative estimate of drug-likeness (QED) is 0.790. The lowest BCUT2D eigenvalue weighted by Gasteiger charge is -2.31. The Labute approximate surface area is 149 Å². The van der Waals surface area contributed by atoms with Gasteiger partial charge in [-0.1, -0.05) is 46.4 Å². The minimum Gasteiger partial charge on any atom is -0.339 e. The second-order valence-corrected chi connectivity index (χ2v) is 7.62. The predicted molar refractivity (Wildman–Crippen MR) is 93.4 cm³/mol. The molecule has 1 aromatic heterocycles. The van der Waals surface area contributed by atoms with Gasteiger partial charge in [0.25, 0.3) is 5.89 Å². The molecule has 1 atom stereocenters. The van der Waals surface area contributed by atoms with Crippen LogP contribution in [0.1, 0.15) is 50.3 Å². The van der Waals surface area contributed by atoms with E-state index in [1.54, 1.807) is 0 Å². The summed E-state index contributed by atoms with van der Waals surface area (Å²) in [6.45, 7) is 0.723. The molecule has 24 heavy (non-hydrogen) atoms. The van der Waals surface area contributed by atoms with Crippen LogP contribution in [-0.2, 0) is 4.79 Å². The zero-order valence-corrected chi connectivity index (χ0v) is 15.0. The van der Waals surface area contributed by atoms with Gasteiger partial charge in [0.05, 0.1) is 0 Å². The summed E-state index contributed by atoms with van der Waals surface area (Å²) < 4.78 is 6.39. The highest BCUT2D eigenvalue weighted by Gasteiger charge is 2.37. The van der Waals surface area contributed by atoms with E-state index in [9.17, 15) is 4.79 Å². The van der Waals surface area contributed by atoms with Crippen molar-refractivity contribution in [1.82, 2.24) is 15.0 Å². The van der Waals surface area contributed by atoms with Crippen LogP contribution in [0.3, 0.4) is 0 Å². The van der Waals surface area contributed by atoms with Gasteiger partial charge < -0.3 is 9.42 Å². The molecule has 6 heteroatoms. The molecule has 0 bridgehead atoms. The number of hydrogen-bond acceptors (Lipinski definition) is 4. The van der Waals surface area contributed by atoms with Gasteiger partial charge in [0.1, 0.15) is 0 Å². The van der Waals surface area contributed by atoms with Gasteiger partial charge in [-0.2, -0.15) is 4.98 Å². The number of likely N-dealkylation sites (tertiary alicyclic amines) is 1. The Morgan fingerprint density at radius 2 is 2.04 bits per heavy atom. The summed E-state index contributed by atoms with van der Waals surface area (Å²) in [5.74, 6) is 1.44. The van der Waals surface area contributed by atoms with Crippen LogP contribution in [0.25, 0.3) is 11.5 Å². The molecule has 126 valence electrons. The van der Waals surface area contributed by atoms with Crippen molar-refractivity contribution < 1.29 is 9.32 Å². The first-order chi connectivity index (χ1) is 11.7. The van der Waals surface area contributed by atoms with Gasteiger partial charge in [-0.25, -0.2) is 0 Å². The van der Waals surface area contributed by atoms with Gasteiger partial charge in [-0.05, 0) is 31.0 Å². The van der Waals surface area contributed by atoms with Crippen LogP contribution in [0.5, 0.6) is 0 Å². The molecule has 2 aliphatic rings. The Morgan fingerprint density at radius 3 is 2.83 bits per heavy atom. The first-order valence-corrected chi connectivity index (χ1v) is 9.39. The summed E-state index contributed by atoms with van der Waals surface area (Å²) in [5.41, 5.74) is 0.886. The third-order valence-electron chi connectivity index (χ3n) is 5.05. The van der Waals surface area contributed by atoms with E-state index < -0.39 is 0 Å². The number of hydrogen-bond donors (Lipinski definition) is 0. The summed E-state index contributed by atoms with van der Waals surface area (Å²) in [6, 6.07) is 8.19. The summed E-state index contributed by atoms with van der Waals surface area (Å²) in [7, 11) is 0. The predicted octanol–water partition coefficient (Wildman–Crippen LogP) is 4.15. The van der Waals surface area contributed by atoms with E-state index in [-0.39, 0.29) is 11.8 Å². The van der Waals surface area contributed by atoms with Gasteiger partial charge in [0.15, 0.2) is 5.82 Å². The SMILES string of the molecule is O=C1C[C@H](c2noc(-c3cccc(Br)c3)n2)CN1C1CCCCC1. The molecule has 0 unspecified atom stereocenters. The van der Waals surface area contributed by atoms with Crippen molar-refractivity contribution in [3.63, 3.8) is 0 Å². The minimum atomic E-state index is 0.0454. The normalized spacial score (nSPS) is 22.3. The number of benzene rings is 1. The third-order valence-corrected chi connectivity index (χ3v) is 5.55. The molecule has 2 fully saturated rings. The largest absolute Gasteiger partial charge is 0.339 e. The summed E-state index contributed by atoms with van der Waals surface area (Å²) in [5, 5.41) is 4.14. The fourth-order valence-corrected chi connectivity index (χ4v) is 4.19. The number of rotatable bonds is 3. The van der Waals surface area contributed by atoms with Gasteiger partial charge in [-0.3, -0.25) is 4.79 Å². The van der Waals surface area contributed by atoms with E-state index in [1.807, 2.05) is 24.3 Å². The van der Waals surface area contributed by atoms with E-state index in [0.29, 0.717) is 24.2 Å². The summed E-state index contributed by atoms with van der Waals surface area (Å²) in [4.78, 5) is 19.0. The standard InChI is InChI=1S/C18H20BrN3O2/c19-14-6-4-5-12(9-14)18-20-17(21-24-18)13-10-16(23)22(11-13)15-7-2-1-3-8-15/h4-6,9,13,15H,1-3,7-8,10-11H2/t13-/m0/s1. The molecule has 1 aliphatic carbocycles. The van der Waals surface area contributed by atoms with Crippen LogP contribution < -0.4 is 0 Å². The monoisotopic (exact) mass is 389 g/mol. The molecule has 1 aromatic carbocycles. The zero-order chi connectivity index (χ0) is 16.5. The van der Waals surface area contributed by atoms with Crippen LogP contribution in [0, 0.1) is 0 Å². The highest BCUT2D eigenvalue weighted by atomic mass is 79.9. The first-order valence-electron chi connectivity index (χ1n) is 8.60. The molecule has 1 saturated carbocycles. The van der Waals surface area contributed by atoms with Crippen LogP contribution in [-0.4, -0.2) is 33.5 Å². The van der Waals surface area contributed by atoms with E-state index in [4.69, 9.17) is 4.52 Å². The summed E-state index contributed by atoms with van der Waals surface area (Å²) in [6.07, 6.45) is 6.52. The molecular formula is C18H20BrN3O2. The number of nitrogens with zero attached hydrogens (tertiary/aromatic N) is 3. The average molecular weight is 390 g/mol. The molecule has 1 amide bonds. The summed E-state index contributed by atoms with van der Waals surface area (Å²) >= 11 is 3.45. The minimum absolute atomic E-state index is 0.0454. The van der Waals surface area contributed by atoms with Crippen molar-refractivity contribution in [2.45, 2.75) is 50.5 Å². The van der Waals surface area contributed by atoms with Crippen LogP contribution in [0.2, 0.25) is 0 Å². The second-order valence-electron chi connectivity index (χ2n) is 6.71. The highest BCUT2D eigenvalue weighted by Crippen LogP contribution is 2.33. The number of amides is 1. The number of aromatic nitrogens is 2. The highest BCUT2D eigenvalue weighted by molar-refractivity contribution is 9.10. The third kappa shape index (κ3) is 3.11. The molecule has 0 spiro atoms. The molecular weight excluding hydrogens is 370 g/mol. The van der Waals surface area contributed by atoms with Crippen LogP contribution in [0.15, 0.2) is 33.3 Å². The van der Waals surface area contributed by atoms with Crippen LogP contribution in [0.4, 0.5) is 0 Å².